The molecular formula is C19H20N2O2S. The maximum atomic E-state index is 12.8. The molecule has 0 radical (unpaired) electrons. The minimum absolute atomic E-state index is 0.0152. The summed E-state index contributed by atoms with van der Waals surface area (Å²) in [5, 5.41) is 1.03. The Morgan fingerprint density at radius 3 is 2.46 bits per heavy atom. The summed E-state index contributed by atoms with van der Waals surface area (Å²) in [6.45, 7) is 6.05. The van der Waals surface area contributed by atoms with Crippen LogP contribution in [0.5, 0.6) is 0 Å². The van der Waals surface area contributed by atoms with Gasteiger partial charge in [-0.1, -0.05) is 12.1 Å². The van der Waals surface area contributed by atoms with Gasteiger partial charge in [-0.15, -0.1) is 11.3 Å². The van der Waals surface area contributed by atoms with Crippen molar-refractivity contribution in [3.8, 4) is 11.3 Å². The van der Waals surface area contributed by atoms with Crippen LogP contribution in [0.1, 0.15) is 38.9 Å². The SMILES string of the molecule is Cc1nc(C(C)N(C)C(=O)c2ccc(-c3ccco3)cc2)c(C)s1. The van der Waals surface area contributed by atoms with E-state index in [9.17, 15) is 4.79 Å². The molecule has 1 unspecified atom stereocenters. The van der Waals surface area contributed by atoms with Gasteiger partial charge in [-0.3, -0.25) is 4.79 Å². The molecule has 0 saturated carbocycles. The van der Waals surface area contributed by atoms with E-state index in [2.05, 4.69) is 4.98 Å². The number of thiazole rings is 1. The standard InChI is InChI=1S/C19H20N2O2S/c1-12(18-13(2)24-14(3)20-18)21(4)19(22)16-9-7-15(8-10-16)17-6-5-11-23-17/h5-12H,1-4H3. The van der Waals surface area contributed by atoms with Crippen LogP contribution in [0, 0.1) is 13.8 Å². The quantitative estimate of drug-likeness (QED) is 0.682. The third-order valence-corrected chi connectivity index (χ3v) is 5.08. The molecule has 3 aromatic rings. The highest BCUT2D eigenvalue weighted by Gasteiger charge is 2.22. The molecule has 1 aromatic carbocycles. The molecule has 0 saturated heterocycles. The van der Waals surface area contributed by atoms with Gasteiger partial charge in [0, 0.05) is 23.1 Å². The number of carbonyl (C=O) groups excluding carboxylic acids is 1. The Balaban J connectivity index is 1.79. The zero-order valence-corrected chi connectivity index (χ0v) is 15.1. The summed E-state index contributed by atoms with van der Waals surface area (Å²) in [4.78, 5) is 20.2. The van der Waals surface area contributed by atoms with Crippen molar-refractivity contribution in [1.29, 1.82) is 0 Å². The summed E-state index contributed by atoms with van der Waals surface area (Å²) in [5.74, 6) is 0.780. The second-order valence-corrected chi connectivity index (χ2v) is 7.23. The predicted octanol–water partition coefficient (Wildman–Crippen LogP) is 4.85. The number of benzene rings is 1. The summed E-state index contributed by atoms with van der Waals surface area (Å²) in [7, 11) is 1.82. The van der Waals surface area contributed by atoms with Crippen LogP contribution < -0.4 is 0 Å². The lowest BCUT2D eigenvalue weighted by atomic mass is 10.1. The normalized spacial score (nSPS) is 12.2. The second kappa shape index (κ2) is 6.61. The average molecular weight is 340 g/mol. The average Bonchev–Trinajstić information content (AvgIpc) is 3.22. The third kappa shape index (κ3) is 3.12. The highest BCUT2D eigenvalue weighted by atomic mass is 32.1. The van der Waals surface area contributed by atoms with Crippen LogP contribution >= 0.6 is 11.3 Å². The lowest BCUT2D eigenvalue weighted by Gasteiger charge is -2.24. The minimum Gasteiger partial charge on any atom is -0.464 e. The topological polar surface area (TPSA) is 46.3 Å². The van der Waals surface area contributed by atoms with Gasteiger partial charge >= 0.3 is 0 Å². The van der Waals surface area contributed by atoms with E-state index in [4.69, 9.17) is 4.42 Å². The van der Waals surface area contributed by atoms with Crippen LogP contribution in [-0.4, -0.2) is 22.8 Å². The van der Waals surface area contributed by atoms with Gasteiger partial charge in [-0.05, 0) is 45.0 Å². The lowest BCUT2D eigenvalue weighted by molar-refractivity contribution is 0.0740. The van der Waals surface area contributed by atoms with E-state index in [-0.39, 0.29) is 11.9 Å². The number of aryl methyl sites for hydroxylation is 2. The van der Waals surface area contributed by atoms with E-state index >= 15 is 0 Å². The molecule has 4 nitrogen and oxygen atoms in total. The molecule has 0 bridgehead atoms. The lowest BCUT2D eigenvalue weighted by Crippen LogP contribution is -2.30. The molecule has 2 heterocycles. The van der Waals surface area contributed by atoms with Crippen molar-refractivity contribution in [3.63, 3.8) is 0 Å². The van der Waals surface area contributed by atoms with E-state index < -0.39 is 0 Å². The molecule has 5 heteroatoms. The van der Waals surface area contributed by atoms with Gasteiger partial charge in [0.15, 0.2) is 0 Å². The Morgan fingerprint density at radius 1 is 1.21 bits per heavy atom. The molecule has 1 atom stereocenters. The van der Waals surface area contributed by atoms with Crippen molar-refractivity contribution in [2.75, 3.05) is 7.05 Å². The number of hydrogen-bond donors (Lipinski definition) is 0. The first kappa shape index (κ1) is 16.5. The molecule has 0 fully saturated rings. The fraction of sp³-hybridized carbons (Fsp3) is 0.263. The molecule has 3 rings (SSSR count). The van der Waals surface area contributed by atoms with Crippen molar-refractivity contribution in [2.45, 2.75) is 26.8 Å². The number of carbonyl (C=O) groups is 1. The van der Waals surface area contributed by atoms with E-state index in [1.165, 1.54) is 0 Å². The van der Waals surface area contributed by atoms with E-state index in [1.807, 2.05) is 64.2 Å². The van der Waals surface area contributed by atoms with Gasteiger partial charge in [0.25, 0.3) is 5.91 Å². The van der Waals surface area contributed by atoms with E-state index in [1.54, 1.807) is 22.5 Å². The Labute approximate surface area is 145 Å². The van der Waals surface area contributed by atoms with Crippen LogP contribution in [-0.2, 0) is 0 Å². The Morgan fingerprint density at radius 2 is 1.92 bits per heavy atom. The van der Waals surface area contributed by atoms with E-state index in [0.29, 0.717) is 5.56 Å². The van der Waals surface area contributed by atoms with Gasteiger partial charge in [0.05, 0.1) is 23.0 Å². The predicted molar refractivity (Wildman–Crippen MR) is 96.2 cm³/mol. The summed E-state index contributed by atoms with van der Waals surface area (Å²) >= 11 is 1.66. The molecule has 124 valence electrons. The minimum atomic E-state index is -0.0628. The Kier molecular flexibility index (Phi) is 4.53. The van der Waals surface area contributed by atoms with Crippen molar-refractivity contribution < 1.29 is 9.21 Å². The number of hydrogen-bond acceptors (Lipinski definition) is 4. The van der Waals surface area contributed by atoms with Crippen LogP contribution in [0.25, 0.3) is 11.3 Å². The van der Waals surface area contributed by atoms with Crippen molar-refractivity contribution in [2.24, 2.45) is 0 Å². The summed E-state index contributed by atoms with van der Waals surface area (Å²) in [6, 6.07) is 11.2. The second-order valence-electron chi connectivity index (χ2n) is 5.82. The van der Waals surface area contributed by atoms with Gasteiger partial charge in [-0.2, -0.15) is 0 Å². The van der Waals surface area contributed by atoms with Crippen molar-refractivity contribution in [1.82, 2.24) is 9.88 Å². The molecule has 0 aliphatic heterocycles. The van der Waals surface area contributed by atoms with Crippen LogP contribution in [0.15, 0.2) is 47.1 Å². The van der Waals surface area contributed by atoms with Gasteiger partial charge in [-0.25, -0.2) is 4.98 Å². The molecule has 0 N–H and O–H groups in total. The molecule has 2 aromatic heterocycles. The first-order chi connectivity index (χ1) is 11.5. The molecule has 24 heavy (non-hydrogen) atoms. The molecule has 0 aliphatic carbocycles. The van der Waals surface area contributed by atoms with Crippen LogP contribution in [0.2, 0.25) is 0 Å². The zero-order chi connectivity index (χ0) is 17.3. The fourth-order valence-corrected chi connectivity index (χ4v) is 3.62. The van der Waals surface area contributed by atoms with Gasteiger partial charge in [0.2, 0.25) is 0 Å². The number of aromatic nitrogens is 1. The fourth-order valence-electron chi connectivity index (χ4n) is 2.72. The number of nitrogens with zero attached hydrogens (tertiary/aromatic N) is 2. The smallest absolute Gasteiger partial charge is 0.254 e. The van der Waals surface area contributed by atoms with E-state index in [0.717, 1.165) is 26.9 Å². The highest BCUT2D eigenvalue weighted by Crippen LogP contribution is 2.27. The van der Waals surface area contributed by atoms with Crippen LogP contribution in [0.4, 0.5) is 0 Å². The summed E-state index contributed by atoms with van der Waals surface area (Å²) in [5.41, 5.74) is 2.59. The van der Waals surface area contributed by atoms with Crippen molar-refractivity contribution in [3.05, 3.63) is 63.8 Å². The molecule has 1 amide bonds. The monoisotopic (exact) mass is 340 g/mol. The number of furan rings is 1. The van der Waals surface area contributed by atoms with Crippen molar-refractivity contribution >= 4 is 17.2 Å². The number of amides is 1. The number of rotatable bonds is 4. The molecule has 0 spiro atoms. The zero-order valence-electron chi connectivity index (χ0n) is 14.2. The Bertz CT molecular complexity index is 835. The molecular weight excluding hydrogens is 320 g/mol. The maximum Gasteiger partial charge on any atom is 0.254 e. The van der Waals surface area contributed by atoms with Gasteiger partial charge in [0.1, 0.15) is 5.76 Å². The Hall–Kier alpha value is -2.40. The van der Waals surface area contributed by atoms with Gasteiger partial charge < -0.3 is 9.32 Å². The maximum absolute atomic E-state index is 12.8. The third-order valence-electron chi connectivity index (χ3n) is 4.17. The first-order valence-corrected chi connectivity index (χ1v) is 8.64. The summed E-state index contributed by atoms with van der Waals surface area (Å²) in [6.07, 6.45) is 1.64. The highest BCUT2D eigenvalue weighted by molar-refractivity contribution is 7.11. The summed E-state index contributed by atoms with van der Waals surface area (Å²) < 4.78 is 5.38. The van der Waals surface area contributed by atoms with Crippen LogP contribution in [0.3, 0.4) is 0 Å². The molecule has 0 aliphatic rings. The first-order valence-electron chi connectivity index (χ1n) is 7.82. The largest absolute Gasteiger partial charge is 0.464 e.